The van der Waals surface area contributed by atoms with E-state index >= 15 is 0 Å². The molecule has 1 aliphatic heterocycles. The number of alkyl halides is 4. The van der Waals surface area contributed by atoms with E-state index in [1.54, 1.807) is 6.92 Å². The quantitative estimate of drug-likeness (QED) is 0.792. The summed E-state index contributed by atoms with van der Waals surface area (Å²) < 4.78 is 57.6. The molecule has 22 heavy (non-hydrogen) atoms. The Hall–Kier alpha value is -2.26. The molecule has 0 amide bonds. The summed E-state index contributed by atoms with van der Waals surface area (Å²) in [5.74, 6) is -0.0640. The Labute approximate surface area is 122 Å². The average Bonchev–Trinajstić information content (AvgIpc) is 3.06. The summed E-state index contributed by atoms with van der Waals surface area (Å²) in [7, 11) is 0. The van der Waals surface area contributed by atoms with Gasteiger partial charge in [0.1, 0.15) is 5.69 Å². The predicted molar refractivity (Wildman–Crippen MR) is 65.7 cm³/mol. The van der Waals surface area contributed by atoms with Crippen molar-refractivity contribution in [2.75, 3.05) is 18.0 Å². The maximum absolute atomic E-state index is 14.8. The molecule has 0 spiro atoms. The van der Waals surface area contributed by atoms with E-state index in [1.165, 1.54) is 4.90 Å². The molecule has 0 aromatic carbocycles. The molecule has 1 atom stereocenters. The Morgan fingerprint density at radius 1 is 1.32 bits per heavy atom. The van der Waals surface area contributed by atoms with Crippen LogP contribution in [-0.4, -0.2) is 33.2 Å². The first kappa shape index (κ1) is 14.7. The molecule has 2 aromatic rings. The first-order chi connectivity index (χ1) is 10.3. The first-order valence-electron chi connectivity index (χ1n) is 6.43. The van der Waals surface area contributed by atoms with Crippen LogP contribution in [0.25, 0.3) is 0 Å². The summed E-state index contributed by atoms with van der Waals surface area (Å²) in [4.78, 5) is 12.4. The predicted octanol–water partition coefficient (Wildman–Crippen LogP) is 2.26. The molecular formula is C12H11F4N5O. The lowest BCUT2D eigenvalue weighted by molar-refractivity contribution is -0.141. The van der Waals surface area contributed by atoms with Gasteiger partial charge >= 0.3 is 6.18 Å². The Morgan fingerprint density at radius 3 is 2.73 bits per heavy atom. The van der Waals surface area contributed by atoms with Gasteiger partial charge in [0, 0.05) is 19.2 Å². The van der Waals surface area contributed by atoms with E-state index in [2.05, 4.69) is 20.1 Å². The van der Waals surface area contributed by atoms with Gasteiger partial charge in [0.2, 0.25) is 11.6 Å². The van der Waals surface area contributed by atoms with Crippen molar-refractivity contribution < 1.29 is 22.1 Å². The van der Waals surface area contributed by atoms with E-state index in [0.717, 1.165) is 12.3 Å². The second-order valence-electron chi connectivity index (χ2n) is 5.02. The second-order valence-corrected chi connectivity index (χ2v) is 5.02. The van der Waals surface area contributed by atoms with Gasteiger partial charge in [-0.25, -0.2) is 14.4 Å². The van der Waals surface area contributed by atoms with Crippen molar-refractivity contribution in [1.82, 2.24) is 20.1 Å². The smallest absolute Gasteiger partial charge is 0.337 e. The van der Waals surface area contributed by atoms with E-state index in [9.17, 15) is 17.6 Å². The molecule has 0 bridgehead atoms. The topological polar surface area (TPSA) is 67.9 Å². The van der Waals surface area contributed by atoms with E-state index in [1.807, 2.05) is 0 Å². The maximum Gasteiger partial charge on any atom is 0.433 e. The fourth-order valence-electron chi connectivity index (χ4n) is 2.26. The van der Waals surface area contributed by atoms with Gasteiger partial charge in [-0.3, -0.25) is 0 Å². The van der Waals surface area contributed by atoms with Gasteiger partial charge in [-0.05, 0) is 13.0 Å². The fraction of sp³-hybridized carbons (Fsp3) is 0.500. The highest BCUT2D eigenvalue weighted by atomic mass is 19.4. The van der Waals surface area contributed by atoms with Gasteiger partial charge in [-0.1, -0.05) is 5.16 Å². The minimum atomic E-state index is -4.58. The zero-order chi connectivity index (χ0) is 16.0. The molecular weight excluding hydrogens is 306 g/mol. The summed E-state index contributed by atoms with van der Waals surface area (Å²) in [6.45, 7) is 1.47. The van der Waals surface area contributed by atoms with Crippen LogP contribution in [0.1, 0.15) is 23.8 Å². The average molecular weight is 317 g/mol. The summed E-state index contributed by atoms with van der Waals surface area (Å²) in [5.41, 5.74) is -2.98. The lowest BCUT2D eigenvalue weighted by Gasteiger charge is -2.18. The minimum Gasteiger partial charge on any atom is -0.337 e. The summed E-state index contributed by atoms with van der Waals surface area (Å²) >= 11 is 0. The third-order valence-electron chi connectivity index (χ3n) is 3.35. The number of anilines is 1. The van der Waals surface area contributed by atoms with Crippen molar-refractivity contribution in [3.8, 4) is 0 Å². The number of rotatable bonds is 2. The SMILES string of the molecule is Cc1noc(C2(F)CCN(c3nccc(C(F)(F)F)n3)C2)n1. The molecule has 0 radical (unpaired) electrons. The highest BCUT2D eigenvalue weighted by molar-refractivity contribution is 5.35. The molecule has 0 aliphatic carbocycles. The largest absolute Gasteiger partial charge is 0.433 e. The number of nitrogens with zero attached hydrogens (tertiary/aromatic N) is 5. The van der Waals surface area contributed by atoms with Crippen molar-refractivity contribution in [1.29, 1.82) is 0 Å². The van der Waals surface area contributed by atoms with Crippen molar-refractivity contribution in [3.05, 3.63) is 29.7 Å². The van der Waals surface area contributed by atoms with E-state index < -0.39 is 17.5 Å². The Kier molecular flexibility index (Phi) is 3.26. The van der Waals surface area contributed by atoms with Gasteiger partial charge in [-0.2, -0.15) is 18.2 Å². The number of hydrogen-bond donors (Lipinski definition) is 0. The number of aryl methyl sites for hydroxylation is 1. The molecule has 0 N–H and O–H groups in total. The zero-order valence-electron chi connectivity index (χ0n) is 11.4. The van der Waals surface area contributed by atoms with Crippen LogP contribution in [0.15, 0.2) is 16.8 Å². The molecule has 1 saturated heterocycles. The molecule has 10 heteroatoms. The van der Waals surface area contributed by atoms with E-state index in [-0.39, 0.29) is 31.3 Å². The first-order valence-corrected chi connectivity index (χ1v) is 6.43. The van der Waals surface area contributed by atoms with E-state index in [4.69, 9.17) is 4.52 Å². The van der Waals surface area contributed by atoms with Gasteiger partial charge in [0.15, 0.2) is 5.82 Å². The van der Waals surface area contributed by atoms with Crippen LogP contribution in [0.2, 0.25) is 0 Å². The number of hydrogen-bond acceptors (Lipinski definition) is 6. The monoisotopic (exact) mass is 317 g/mol. The standard InChI is InChI=1S/C12H11F4N5O/c1-7-18-9(22-20-7)11(13)3-5-21(6-11)10-17-4-2-8(19-10)12(14,15)16/h2,4H,3,5-6H2,1H3. The molecule has 3 rings (SSSR count). The van der Waals surface area contributed by atoms with Crippen LogP contribution in [0.4, 0.5) is 23.5 Å². The molecule has 118 valence electrons. The Balaban J connectivity index is 1.84. The van der Waals surface area contributed by atoms with Crippen LogP contribution in [-0.2, 0) is 11.8 Å². The van der Waals surface area contributed by atoms with Crippen LogP contribution < -0.4 is 4.90 Å². The Morgan fingerprint density at radius 2 is 2.09 bits per heavy atom. The molecule has 1 unspecified atom stereocenters. The van der Waals surface area contributed by atoms with Crippen LogP contribution in [0.5, 0.6) is 0 Å². The minimum absolute atomic E-state index is 0.00817. The number of halogens is 4. The normalized spacial score (nSPS) is 22.3. The highest BCUT2D eigenvalue weighted by Crippen LogP contribution is 2.37. The van der Waals surface area contributed by atoms with Gasteiger partial charge in [0.25, 0.3) is 5.89 Å². The molecule has 0 saturated carbocycles. The molecule has 6 nitrogen and oxygen atoms in total. The zero-order valence-corrected chi connectivity index (χ0v) is 11.4. The van der Waals surface area contributed by atoms with Crippen LogP contribution >= 0.6 is 0 Å². The number of aromatic nitrogens is 4. The van der Waals surface area contributed by atoms with Crippen molar-refractivity contribution in [2.24, 2.45) is 0 Å². The van der Waals surface area contributed by atoms with Gasteiger partial charge in [0.05, 0.1) is 6.54 Å². The molecule has 3 heterocycles. The van der Waals surface area contributed by atoms with Crippen molar-refractivity contribution in [3.63, 3.8) is 0 Å². The molecule has 1 aliphatic rings. The second kappa shape index (κ2) is 4.89. The molecule has 2 aromatic heterocycles. The third kappa shape index (κ3) is 2.60. The maximum atomic E-state index is 14.8. The lowest BCUT2D eigenvalue weighted by Crippen LogP contribution is -2.29. The molecule has 1 fully saturated rings. The van der Waals surface area contributed by atoms with Crippen molar-refractivity contribution in [2.45, 2.75) is 25.2 Å². The highest BCUT2D eigenvalue weighted by Gasteiger charge is 2.46. The summed E-state index contributed by atoms with van der Waals surface area (Å²) in [6, 6.07) is 0.767. The van der Waals surface area contributed by atoms with E-state index in [0.29, 0.717) is 5.82 Å². The van der Waals surface area contributed by atoms with Crippen LogP contribution in [0.3, 0.4) is 0 Å². The van der Waals surface area contributed by atoms with Crippen molar-refractivity contribution >= 4 is 5.95 Å². The third-order valence-corrected chi connectivity index (χ3v) is 3.35. The van der Waals surface area contributed by atoms with Gasteiger partial charge < -0.3 is 9.42 Å². The fourth-order valence-corrected chi connectivity index (χ4v) is 2.26. The summed E-state index contributed by atoms with van der Waals surface area (Å²) in [6.07, 6.45) is -3.57. The van der Waals surface area contributed by atoms with Crippen LogP contribution in [0, 0.1) is 6.92 Å². The van der Waals surface area contributed by atoms with Gasteiger partial charge in [-0.15, -0.1) is 0 Å². The summed E-state index contributed by atoms with van der Waals surface area (Å²) in [5, 5.41) is 3.53. The Bertz CT molecular complexity index is 688. The lowest BCUT2D eigenvalue weighted by atomic mass is 10.1.